The molecule has 6 heteroatoms. The fourth-order valence-electron chi connectivity index (χ4n) is 3.45. The van der Waals surface area contributed by atoms with Crippen LogP contribution in [-0.2, 0) is 14.3 Å². The SMILES string of the molecule is CCOC(=O)CCN(C(=O)CC(CC)CC)c1ccc(Br)cc1C(=N)c1ccccc1. The Balaban J connectivity index is 2.45. The number of carbonyl (C=O) groups is 2. The van der Waals surface area contributed by atoms with Gasteiger partial charge in [-0.1, -0.05) is 73.0 Å². The average Bonchev–Trinajstić information content (AvgIpc) is 2.78. The van der Waals surface area contributed by atoms with Crippen LogP contribution in [0.15, 0.2) is 53.0 Å². The van der Waals surface area contributed by atoms with E-state index in [0.29, 0.717) is 30.0 Å². The lowest BCUT2D eigenvalue weighted by molar-refractivity contribution is -0.142. The molecule has 0 saturated heterocycles. The minimum atomic E-state index is -0.334. The monoisotopic (exact) mass is 486 g/mol. The lowest BCUT2D eigenvalue weighted by Crippen LogP contribution is -2.35. The lowest BCUT2D eigenvalue weighted by atomic mass is 9.97. The number of hydrogen-bond acceptors (Lipinski definition) is 4. The van der Waals surface area contributed by atoms with Crippen LogP contribution in [0.2, 0.25) is 0 Å². The summed E-state index contributed by atoms with van der Waals surface area (Å²) in [5, 5.41) is 8.79. The second-order valence-electron chi connectivity index (χ2n) is 7.39. The van der Waals surface area contributed by atoms with Gasteiger partial charge in [0, 0.05) is 28.6 Å². The Morgan fingerprint density at radius 3 is 2.35 bits per heavy atom. The molecule has 1 N–H and O–H groups in total. The summed E-state index contributed by atoms with van der Waals surface area (Å²) in [6.45, 7) is 6.46. The van der Waals surface area contributed by atoms with E-state index in [4.69, 9.17) is 10.1 Å². The van der Waals surface area contributed by atoms with Crippen LogP contribution < -0.4 is 4.90 Å². The van der Waals surface area contributed by atoms with Crippen molar-refractivity contribution >= 4 is 39.2 Å². The normalized spacial score (nSPS) is 10.7. The van der Waals surface area contributed by atoms with E-state index in [-0.39, 0.29) is 30.8 Å². The Morgan fingerprint density at radius 1 is 1.06 bits per heavy atom. The minimum Gasteiger partial charge on any atom is -0.466 e. The standard InChI is InChI=1S/C25H31BrN2O3/c1-4-18(5-2)16-23(29)28(15-14-24(30)31-6-3)22-13-12-20(26)17-21(22)25(27)19-10-8-7-9-11-19/h7-13,17-18,27H,4-6,14-16H2,1-3H3. The van der Waals surface area contributed by atoms with E-state index in [0.717, 1.165) is 22.9 Å². The zero-order valence-corrected chi connectivity index (χ0v) is 20.1. The van der Waals surface area contributed by atoms with Gasteiger partial charge in [0.2, 0.25) is 5.91 Å². The number of nitrogens with zero attached hydrogens (tertiary/aromatic N) is 1. The Bertz CT molecular complexity index is 895. The number of rotatable bonds is 11. The van der Waals surface area contributed by atoms with Crippen LogP contribution >= 0.6 is 15.9 Å². The van der Waals surface area contributed by atoms with Gasteiger partial charge in [-0.15, -0.1) is 0 Å². The van der Waals surface area contributed by atoms with Gasteiger partial charge in [0.25, 0.3) is 0 Å². The summed E-state index contributed by atoms with van der Waals surface area (Å²) in [6.07, 6.45) is 2.35. The molecule has 0 heterocycles. The van der Waals surface area contributed by atoms with Crippen LogP contribution in [0.1, 0.15) is 57.6 Å². The third kappa shape index (κ3) is 7.03. The first-order chi connectivity index (χ1) is 14.9. The maximum atomic E-state index is 13.3. The van der Waals surface area contributed by atoms with Gasteiger partial charge in [0.1, 0.15) is 0 Å². The first-order valence-electron chi connectivity index (χ1n) is 10.8. The van der Waals surface area contributed by atoms with Crippen LogP contribution in [0.5, 0.6) is 0 Å². The molecule has 0 atom stereocenters. The average molecular weight is 487 g/mol. The highest BCUT2D eigenvalue weighted by Crippen LogP contribution is 2.29. The van der Waals surface area contributed by atoms with Crippen molar-refractivity contribution in [2.24, 2.45) is 5.92 Å². The summed E-state index contributed by atoms with van der Waals surface area (Å²) in [5.41, 5.74) is 2.37. The van der Waals surface area contributed by atoms with Crippen molar-refractivity contribution in [3.8, 4) is 0 Å². The molecular formula is C25H31BrN2O3. The van der Waals surface area contributed by atoms with Gasteiger partial charge < -0.3 is 9.64 Å². The molecule has 2 rings (SSSR count). The summed E-state index contributed by atoms with van der Waals surface area (Å²) >= 11 is 3.49. The maximum Gasteiger partial charge on any atom is 0.307 e. The maximum absolute atomic E-state index is 13.3. The number of halogens is 1. The molecule has 0 spiro atoms. The van der Waals surface area contributed by atoms with E-state index < -0.39 is 0 Å². The molecule has 0 aliphatic heterocycles. The molecule has 0 radical (unpaired) electrons. The van der Waals surface area contributed by atoms with Crippen molar-refractivity contribution in [3.05, 3.63) is 64.1 Å². The van der Waals surface area contributed by atoms with E-state index in [9.17, 15) is 9.59 Å². The highest BCUT2D eigenvalue weighted by Gasteiger charge is 2.24. The fourth-order valence-corrected chi connectivity index (χ4v) is 3.82. The topological polar surface area (TPSA) is 70.5 Å². The van der Waals surface area contributed by atoms with Gasteiger partial charge in [-0.25, -0.2) is 0 Å². The Hall–Kier alpha value is -2.47. The van der Waals surface area contributed by atoms with Crippen molar-refractivity contribution in [1.82, 2.24) is 0 Å². The van der Waals surface area contributed by atoms with Gasteiger partial charge in [-0.2, -0.15) is 0 Å². The summed E-state index contributed by atoms with van der Waals surface area (Å²) in [6, 6.07) is 15.0. The van der Waals surface area contributed by atoms with Crippen LogP contribution in [0.25, 0.3) is 0 Å². The molecule has 166 valence electrons. The molecular weight excluding hydrogens is 456 g/mol. The summed E-state index contributed by atoms with van der Waals surface area (Å²) in [7, 11) is 0. The van der Waals surface area contributed by atoms with Crippen molar-refractivity contribution in [1.29, 1.82) is 5.41 Å². The van der Waals surface area contributed by atoms with Crippen LogP contribution in [-0.4, -0.2) is 30.7 Å². The predicted octanol–water partition coefficient (Wildman–Crippen LogP) is 5.98. The number of amides is 1. The second-order valence-corrected chi connectivity index (χ2v) is 8.31. The molecule has 0 fully saturated rings. The number of anilines is 1. The van der Waals surface area contributed by atoms with Crippen molar-refractivity contribution in [2.45, 2.75) is 46.5 Å². The number of nitrogens with one attached hydrogen (secondary N) is 1. The highest BCUT2D eigenvalue weighted by atomic mass is 79.9. The largest absolute Gasteiger partial charge is 0.466 e. The van der Waals surface area contributed by atoms with Crippen molar-refractivity contribution in [3.63, 3.8) is 0 Å². The Labute approximate surface area is 193 Å². The molecule has 1 amide bonds. The van der Waals surface area contributed by atoms with Crippen LogP contribution in [0, 0.1) is 11.3 Å². The molecule has 0 bridgehead atoms. The van der Waals surface area contributed by atoms with E-state index in [1.165, 1.54) is 0 Å². The smallest absolute Gasteiger partial charge is 0.307 e. The summed E-state index contributed by atoms with van der Waals surface area (Å²) in [4.78, 5) is 27.0. The molecule has 0 aliphatic carbocycles. The number of esters is 1. The number of ether oxygens (including phenoxy) is 1. The molecule has 0 saturated carbocycles. The minimum absolute atomic E-state index is 0.0394. The third-order valence-corrected chi connectivity index (χ3v) is 5.84. The van der Waals surface area contributed by atoms with E-state index in [2.05, 4.69) is 29.8 Å². The highest BCUT2D eigenvalue weighted by molar-refractivity contribution is 9.10. The Morgan fingerprint density at radius 2 is 1.74 bits per heavy atom. The van der Waals surface area contributed by atoms with E-state index >= 15 is 0 Å². The van der Waals surface area contributed by atoms with Crippen molar-refractivity contribution < 1.29 is 14.3 Å². The lowest BCUT2D eigenvalue weighted by Gasteiger charge is -2.27. The second kappa shape index (κ2) is 12.4. The fraction of sp³-hybridized carbons (Fsp3) is 0.400. The number of carbonyl (C=O) groups excluding carboxylic acids is 2. The molecule has 0 unspecified atom stereocenters. The summed E-state index contributed by atoms with van der Waals surface area (Å²) < 4.78 is 5.89. The number of benzene rings is 2. The van der Waals surface area contributed by atoms with Crippen LogP contribution in [0.4, 0.5) is 5.69 Å². The Kier molecular flexibility index (Phi) is 9.92. The first-order valence-corrected chi connectivity index (χ1v) is 11.6. The predicted molar refractivity (Wildman–Crippen MR) is 129 cm³/mol. The zero-order valence-electron chi connectivity index (χ0n) is 18.5. The van der Waals surface area contributed by atoms with Gasteiger partial charge in [0.05, 0.1) is 24.4 Å². The van der Waals surface area contributed by atoms with Crippen LogP contribution in [0.3, 0.4) is 0 Å². The molecule has 0 aromatic heterocycles. The molecule has 2 aromatic carbocycles. The first kappa shape index (κ1) is 24.8. The molecule has 0 aliphatic rings. The van der Waals surface area contributed by atoms with Gasteiger partial charge >= 0.3 is 5.97 Å². The molecule has 2 aromatic rings. The quantitative estimate of drug-likeness (QED) is 0.313. The van der Waals surface area contributed by atoms with Gasteiger partial charge in [-0.05, 0) is 31.0 Å². The number of hydrogen-bond donors (Lipinski definition) is 1. The summed E-state index contributed by atoms with van der Waals surface area (Å²) in [5.74, 6) is -0.0906. The molecule has 31 heavy (non-hydrogen) atoms. The van der Waals surface area contributed by atoms with Gasteiger partial charge in [0.15, 0.2) is 0 Å². The zero-order chi connectivity index (χ0) is 22.8. The van der Waals surface area contributed by atoms with E-state index in [1.807, 2.05) is 48.5 Å². The van der Waals surface area contributed by atoms with Gasteiger partial charge in [-0.3, -0.25) is 15.0 Å². The third-order valence-electron chi connectivity index (χ3n) is 5.35. The molecule has 5 nitrogen and oxygen atoms in total. The van der Waals surface area contributed by atoms with Crippen molar-refractivity contribution in [2.75, 3.05) is 18.1 Å². The van der Waals surface area contributed by atoms with E-state index in [1.54, 1.807) is 11.8 Å².